The molecule has 2 aliphatic heterocycles. The monoisotopic (exact) mass is 360 g/mol. The predicted molar refractivity (Wildman–Crippen MR) is 103 cm³/mol. The molecule has 1 amide bonds. The number of para-hydroxylation sites is 1. The Balaban J connectivity index is 1.53. The zero-order chi connectivity index (χ0) is 18.4. The Morgan fingerprint density at radius 2 is 1.92 bits per heavy atom. The third kappa shape index (κ3) is 4.75. The minimum Gasteiger partial charge on any atom is -0.508 e. The first-order valence-electron chi connectivity index (χ1n) is 9.99. The van der Waals surface area contributed by atoms with E-state index in [1.165, 1.54) is 25.7 Å². The number of likely N-dealkylation sites (N-methyl/N-ethyl adjacent to an activating group) is 1. The summed E-state index contributed by atoms with van der Waals surface area (Å²) in [4.78, 5) is 17.4. The highest BCUT2D eigenvalue weighted by molar-refractivity contribution is 5.82. The number of nitrogens with one attached hydrogen (secondary N) is 2. The summed E-state index contributed by atoms with van der Waals surface area (Å²) < 4.78 is 0. The largest absolute Gasteiger partial charge is 0.508 e. The Kier molecular flexibility index (Phi) is 6.88. The molecule has 0 aliphatic carbocycles. The number of phenols is 1. The molecule has 3 rings (SSSR count). The number of phenolic OH excluding ortho intramolecular Hbond substituents is 1. The molecule has 26 heavy (non-hydrogen) atoms. The number of aromatic hydroxyl groups is 1. The molecule has 2 aliphatic rings. The molecular formula is C20H32N4O2. The third-order valence-electron chi connectivity index (χ3n) is 5.59. The van der Waals surface area contributed by atoms with Crippen LogP contribution in [0.25, 0.3) is 0 Å². The Morgan fingerprint density at radius 1 is 1.19 bits per heavy atom. The molecule has 2 atom stereocenters. The topological polar surface area (TPSA) is 67.8 Å². The Hall–Kier alpha value is -1.63. The van der Waals surface area contributed by atoms with Crippen LogP contribution in [0.5, 0.6) is 5.75 Å². The van der Waals surface area contributed by atoms with E-state index in [-0.39, 0.29) is 23.7 Å². The molecule has 6 nitrogen and oxygen atoms in total. The minimum absolute atomic E-state index is 0.0468. The summed E-state index contributed by atoms with van der Waals surface area (Å²) >= 11 is 0. The van der Waals surface area contributed by atoms with E-state index < -0.39 is 0 Å². The molecule has 0 aromatic heterocycles. The van der Waals surface area contributed by atoms with E-state index in [1.54, 1.807) is 6.07 Å². The smallest absolute Gasteiger partial charge is 0.241 e. The van der Waals surface area contributed by atoms with Gasteiger partial charge in [-0.1, -0.05) is 31.0 Å². The van der Waals surface area contributed by atoms with E-state index in [4.69, 9.17) is 0 Å². The van der Waals surface area contributed by atoms with Crippen LogP contribution in [0.3, 0.4) is 0 Å². The summed E-state index contributed by atoms with van der Waals surface area (Å²) in [7, 11) is 0. The van der Waals surface area contributed by atoms with Gasteiger partial charge in [0.15, 0.2) is 0 Å². The molecule has 2 unspecified atom stereocenters. The lowest BCUT2D eigenvalue weighted by Crippen LogP contribution is -2.47. The second-order valence-corrected chi connectivity index (χ2v) is 7.36. The van der Waals surface area contributed by atoms with Crippen molar-refractivity contribution in [1.29, 1.82) is 0 Å². The van der Waals surface area contributed by atoms with Crippen LogP contribution in [-0.4, -0.2) is 59.6 Å². The van der Waals surface area contributed by atoms with Crippen LogP contribution in [0.4, 0.5) is 0 Å². The van der Waals surface area contributed by atoms with E-state index in [1.807, 2.05) is 30.0 Å². The lowest BCUT2D eigenvalue weighted by molar-refractivity contribution is -0.133. The summed E-state index contributed by atoms with van der Waals surface area (Å²) in [6.45, 7) is 6.83. The van der Waals surface area contributed by atoms with Crippen molar-refractivity contribution in [3.63, 3.8) is 0 Å². The molecule has 0 radical (unpaired) electrons. The highest BCUT2D eigenvalue weighted by Gasteiger charge is 2.33. The van der Waals surface area contributed by atoms with Crippen molar-refractivity contribution in [3.05, 3.63) is 29.8 Å². The average Bonchev–Trinajstić information content (AvgIpc) is 2.99. The first-order valence-corrected chi connectivity index (χ1v) is 9.99. The van der Waals surface area contributed by atoms with Crippen LogP contribution in [0.1, 0.15) is 50.6 Å². The maximum absolute atomic E-state index is 12.9. The number of carbonyl (C=O) groups is 1. The van der Waals surface area contributed by atoms with E-state index in [0.29, 0.717) is 6.42 Å². The zero-order valence-electron chi connectivity index (χ0n) is 15.8. The molecule has 0 spiro atoms. The van der Waals surface area contributed by atoms with Gasteiger partial charge >= 0.3 is 0 Å². The first kappa shape index (κ1) is 19.1. The average molecular weight is 361 g/mol. The molecular weight excluding hydrogens is 328 g/mol. The fraction of sp³-hybridized carbons (Fsp3) is 0.650. The van der Waals surface area contributed by atoms with Crippen molar-refractivity contribution >= 4 is 5.91 Å². The first-order chi connectivity index (χ1) is 12.7. The quantitative estimate of drug-likeness (QED) is 0.724. The van der Waals surface area contributed by atoms with E-state index in [2.05, 4.69) is 15.8 Å². The highest BCUT2D eigenvalue weighted by Crippen LogP contribution is 2.29. The van der Waals surface area contributed by atoms with Gasteiger partial charge in [0, 0.05) is 25.2 Å². The number of likely N-dealkylation sites (tertiary alicyclic amines) is 1. The van der Waals surface area contributed by atoms with Gasteiger partial charge in [0.2, 0.25) is 5.91 Å². The number of nitrogens with zero attached hydrogens (tertiary/aromatic N) is 2. The number of benzene rings is 1. The van der Waals surface area contributed by atoms with Crippen LogP contribution < -0.4 is 10.9 Å². The summed E-state index contributed by atoms with van der Waals surface area (Å²) in [5.41, 5.74) is 7.13. The van der Waals surface area contributed by atoms with Crippen LogP contribution in [0.15, 0.2) is 24.3 Å². The van der Waals surface area contributed by atoms with Gasteiger partial charge < -0.3 is 14.9 Å². The SMILES string of the molecule is CCN(CCN1CCCCCC1)C(=O)C1CC(c2ccccc2O)NN1. The van der Waals surface area contributed by atoms with Crippen LogP contribution in [-0.2, 0) is 4.79 Å². The number of rotatable bonds is 6. The number of carbonyl (C=O) groups excluding carboxylic acids is 1. The lowest BCUT2D eigenvalue weighted by atomic mass is 10.0. The standard InChI is InChI=1S/C20H32N4O2/c1-2-24(14-13-23-11-7-3-4-8-12-23)20(26)18-15-17(21-22-18)16-9-5-6-10-19(16)25/h5-6,9-10,17-18,21-22,25H,2-4,7-8,11-15H2,1H3. The van der Waals surface area contributed by atoms with Crippen LogP contribution in [0, 0.1) is 0 Å². The molecule has 6 heteroatoms. The normalized spacial score (nSPS) is 24.3. The zero-order valence-corrected chi connectivity index (χ0v) is 15.8. The molecule has 1 aromatic rings. The van der Waals surface area contributed by atoms with Crippen LogP contribution >= 0.6 is 0 Å². The second-order valence-electron chi connectivity index (χ2n) is 7.36. The minimum atomic E-state index is -0.247. The van der Waals surface area contributed by atoms with Crippen LogP contribution in [0.2, 0.25) is 0 Å². The molecule has 2 saturated heterocycles. The molecule has 0 bridgehead atoms. The van der Waals surface area contributed by atoms with Gasteiger partial charge in [-0.15, -0.1) is 0 Å². The van der Waals surface area contributed by atoms with Gasteiger partial charge in [-0.2, -0.15) is 0 Å². The van der Waals surface area contributed by atoms with E-state index >= 15 is 0 Å². The summed E-state index contributed by atoms with van der Waals surface area (Å²) in [6.07, 6.45) is 5.86. The van der Waals surface area contributed by atoms with Crippen molar-refractivity contribution in [3.8, 4) is 5.75 Å². The Morgan fingerprint density at radius 3 is 2.62 bits per heavy atom. The van der Waals surface area contributed by atoms with Crippen molar-refractivity contribution in [2.24, 2.45) is 0 Å². The Bertz CT molecular complexity index is 587. The second kappa shape index (κ2) is 9.35. The molecule has 1 aromatic carbocycles. The molecule has 144 valence electrons. The number of amides is 1. The molecule has 2 fully saturated rings. The van der Waals surface area contributed by atoms with Gasteiger partial charge in [-0.25, -0.2) is 10.9 Å². The maximum atomic E-state index is 12.9. The van der Waals surface area contributed by atoms with Gasteiger partial charge in [0.25, 0.3) is 0 Å². The highest BCUT2D eigenvalue weighted by atomic mass is 16.3. The van der Waals surface area contributed by atoms with Gasteiger partial charge in [0.1, 0.15) is 11.8 Å². The summed E-state index contributed by atoms with van der Waals surface area (Å²) in [5.74, 6) is 0.418. The lowest BCUT2D eigenvalue weighted by Gasteiger charge is -2.28. The maximum Gasteiger partial charge on any atom is 0.241 e. The van der Waals surface area contributed by atoms with Gasteiger partial charge in [-0.3, -0.25) is 4.79 Å². The van der Waals surface area contributed by atoms with E-state index in [9.17, 15) is 9.90 Å². The van der Waals surface area contributed by atoms with Crippen molar-refractivity contribution in [1.82, 2.24) is 20.7 Å². The number of hydrogen-bond acceptors (Lipinski definition) is 5. The van der Waals surface area contributed by atoms with Crippen molar-refractivity contribution in [2.45, 2.75) is 51.1 Å². The Labute approximate surface area is 156 Å². The fourth-order valence-corrected chi connectivity index (χ4v) is 3.97. The summed E-state index contributed by atoms with van der Waals surface area (Å²) in [5, 5.41) is 10.0. The third-order valence-corrected chi connectivity index (χ3v) is 5.59. The predicted octanol–water partition coefficient (Wildman–Crippen LogP) is 2.02. The van der Waals surface area contributed by atoms with Crippen molar-refractivity contribution < 1.29 is 9.90 Å². The molecule has 0 saturated carbocycles. The number of hydrogen-bond donors (Lipinski definition) is 3. The molecule has 2 heterocycles. The fourth-order valence-electron chi connectivity index (χ4n) is 3.97. The summed E-state index contributed by atoms with van der Waals surface area (Å²) in [6, 6.07) is 7.01. The van der Waals surface area contributed by atoms with Gasteiger partial charge in [-0.05, 0) is 45.3 Å². The molecule has 3 N–H and O–H groups in total. The number of hydrazine groups is 1. The van der Waals surface area contributed by atoms with E-state index in [0.717, 1.165) is 38.3 Å². The van der Waals surface area contributed by atoms with Crippen molar-refractivity contribution in [2.75, 3.05) is 32.7 Å². The van der Waals surface area contributed by atoms with Gasteiger partial charge in [0.05, 0.1) is 6.04 Å².